The van der Waals surface area contributed by atoms with Gasteiger partial charge in [0.25, 0.3) is 0 Å². The van der Waals surface area contributed by atoms with Crippen LogP contribution in [0, 0.1) is 12.3 Å². The molecule has 2 atom stereocenters. The molecule has 0 radical (unpaired) electrons. The van der Waals surface area contributed by atoms with Gasteiger partial charge in [-0.05, 0) is 19.4 Å². The number of terminal acetylenes is 1. The number of rotatable bonds is 4. The first-order valence-corrected chi connectivity index (χ1v) is 5.85. The maximum Gasteiger partial charge on any atom is 0.327 e. The second kappa shape index (κ2) is 6.92. The summed E-state index contributed by atoms with van der Waals surface area (Å²) in [6, 6.07) is -1.28. The van der Waals surface area contributed by atoms with Crippen molar-refractivity contribution in [1.29, 1.82) is 0 Å². The summed E-state index contributed by atoms with van der Waals surface area (Å²) < 4.78 is 0. The molecule has 1 heterocycles. The van der Waals surface area contributed by atoms with Crippen molar-refractivity contribution in [1.82, 2.24) is 10.6 Å². The highest BCUT2D eigenvalue weighted by Crippen LogP contribution is 2.08. The van der Waals surface area contributed by atoms with Gasteiger partial charge in [0.1, 0.15) is 6.04 Å². The molecule has 0 aromatic rings. The smallest absolute Gasteiger partial charge is 0.327 e. The number of amides is 1. The zero-order chi connectivity index (χ0) is 12.7. The Hall–Kier alpha value is -1.54. The Morgan fingerprint density at radius 2 is 2.24 bits per heavy atom. The molecule has 0 bridgehead atoms. The fourth-order valence-corrected chi connectivity index (χ4v) is 1.84. The van der Waals surface area contributed by atoms with Gasteiger partial charge in [-0.25, -0.2) is 4.79 Å². The molecule has 94 valence electrons. The van der Waals surface area contributed by atoms with E-state index in [4.69, 9.17) is 11.5 Å². The number of carboxylic acid groups (broad SMARTS) is 1. The van der Waals surface area contributed by atoms with Crippen LogP contribution < -0.4 is 10.6 Å². The Bertz CT molecular complexity index is 314. The van der Waals surface area contributed by atoms with E-state index in [-0.39, 0.29) is 18.4 Å². The van der Waals surface area contributed by atoms with Crippen molar-refractivity contribution in [3.63, 3.8) is 0 Å². The number of nitrogens with one attached hydrogen (secondary N) is 2. The van der Waals surface area contributed by atoms with Gasteiger partial charge in [0, 0.05) is 6.42 Å². The van der Waals surface area contributed by atoms with Crippen LogP contribution in [0.25, 0.3) is 0 Å². The van der Waals surface area contributed by atoms with Gasteiger partial charge in [0.15, 0.2) is 0 Å². The van der Waals surface area contributed by atoms with Crippen LogP contribution in [-0.4, -0.2) is 35.6 Å². The van der Waals surface area contributed by atoms with Crippen LogP contribution in [0.4, 0.5) is 0 Å². The van der Waals surface area contributed by atoms with E-state index in [0.717, 1.165) is 32.2 Å². The summed E-state index contributed by atoms with van der Waals surface area (Å²) in [5, 5.41) is 14.5. The van der Waals surface area contributed by atoms with Crippen molar-refractivity contribution in [2.24, 2.45) is 0 Å². The summed E-state index contributed by atoms with van der Waals surface area (Å²) in [5.74, 6) is 0.892. The first kappa shape index (κ1) is 13.5. The average molecular weight is 238 g/mol. The van der Waals surface area contributed by atoms with Gasteiger partial charge in [-0.1, -0.05) is 12.8 Å². The van der Waals surface area contributed by atoms with Crippen molar-refractivity contribution in [3.8, 4) is 12.3 Å². The van der Waals surface area contributed by atoms with Crippen LogP contribution in [0.15, 0.2) is 0 Å². The van der Waals surface area contributed by atoms with Crippen molar-refractivity contribution in [2.75, 3.05) is 6.54 Å². The van der Waals surface area contributed by atoms with E-state index in [2.05, 4.69) is 16.6 Å². The molecule has 0 spiro atoms. The third-order valence-corrected chi connectivity index (χ3v) is 2.81. The topological polar surface area (TPSA) is 78.4 Å². The zero-order valence-corrected chi connectivity index (χ0v) is 9.74. The SMILES string of the molecule is C#CCC(NC(=O)C1CCCCCN1)C(=O)O. The molecule has 5 nitrogen and oxygen atoms in total. The minimum Gasteiger partial charge on any atom is -0.480 e. The highest BCUT2D eigenvalue weighted by atomic mass is 16.4. The first-order chi connectivity index (χ1) is 8.15. The van der Waals surface area contributed by atoms with E-state index in [9.17, 15) is 9.59 Å². The molecule has 17 heavy (non-hydrogen) atoms. The van der Waals surface area contributed by atoms with E-state index in [1.807, 2.05) is 0 Å². The van der Waals surface area contributed by atoms with Gasteiger partial charge in [-0.3, -0.25) is 4.79 Å². The molecule has 0 saturated carbocycles. The van der Waals surface area contributed by atoms with Gasteiger partial charge in [-0.2, -0.15) is 0 Å². The predicted octanol–water partition coefficient (Wildman–Crippen LogP) is 0.111. The van der Waals surface area contributed by atoms with Gasteiger partial charge in [-0.15, -0.1) is 12.3 Å². The maximum absolute atomic E-state index is 11.8. The summed E-state index contributed by atoms with van der Waals surface area (Å²) in [4.78, 5) is 22.7. The highest BCUT2D eigenvalue weighted by molar-refractivity contribution is 5.87. The third-order valence-electron chi connectivity index (χ3n) is 2.81. The van der Waals surface area contributed by atoms with Crippen LogP contribution in [0.1, 0.15) is 32.1 Å². The van der Waals surface area contributed by atoms with Crippen LogP contribution in [0.3, 0.4) is 0 Å². The summed E-state index contributed by atoms with van der Waals surface area (Å²) in [7, 11) is 0. The minimum absolute atomic E-state index is 0.00773. The fourth-order valence-electron chi connectivity index (χ4n) is 1.84. The lowest BCUT2D eigenvalue weighted by Crippen LogP contribution is -2.49. The van der Waals surface area contributed by atoms with Crippen molar-refractivity contribution in [3.05, 3.63) is 0 Å². The molecular weight excluding hydrogens is 220 g/mol. The van der Waals surface area contributed by atoms with E-state index < -0.39 is 12.0 Å². The lowest BCUT2D eigenvalue weighted by atomic mass is 10.1. The van der Waals surface area contributed by atoms with Crippen LogP contribution in [-0.2, 0) is 9.59 Å². The molecule has 3 N–H and O–H groups in total. The van der Waals surface area contributed by atoms with Crippen LogP contribution >= 0.6 is 0 Å². The number of aliphatic carboxylic acids is 1. The third kappa shape index (κ3) is 4.45. The molecule has 2 unspecified atom stereocenters. The van der Waals surface area contributed by atoms with E-state index >= 15 is 0 Å². The summed E-state index contributed by atoms with van der Waals surface area (Å²) in [5.41, 5.74) is 0. The van der Waals surface area contributed by atoms with Crippen LogP contribution in [0.5, 0.6) is 0 Å². The highest BCUT2D eigenvalue weighted by Gasteiger charge is 2.24. The second-order valence-electron chi connectivity index (χ2n) is 4.16. The van der Waals surface area contributed by atoms with Crippen molar-refractivity contribution in [2.45, 2.75) is 44.2 Å². The Kier molecular flexibility index (Phi) is 5.50. The number of carbonyl (C=O) groups is 2. The minimum atomic E-state index is -1.09. The summed E-state index contributed by atoms with van der Waals surface area (Å²) in [6.45, 7) is 0.797. The molecule has 0 aliphatic carbocycles. The number of carboxylic acids is 1. The number of hydrogen-bond donors (Lipinski definition) is 3. The van der Waals surface area contributed by atoms with Crippen molar-refractivity contribution >= 4 is 11.9 Å². The van der Waals surface area contributed by atoms with Gasteiger partial charge < -0.3 is 15.7 Å². The number of hydrogen-bond acceptors (Lipinski definition) is 3. The zero-order valence-electron chi connectivity index (χ0n) is 9.74. The normalized spacial score (nSPS) is 21.9. The van der Waals surface area contributed by atoms with E-state index in [1.165, 1.54) is 0 Å². The Labute approximate surface area is 101 Å². The van der Waals surface area contributed by atoms with Crippen LogP contribution in [0.2, 0.25) is 0 Å². The Balaban J connectivity index is 2.50. The summed E-state index contributed by atoms with van der Waals surface area (Å²) in [6.07, 6.45) is 8.95. The fraction of sp³-hybridized carbons (Fsp3) is 0.667. The lowest BCUT2D eigenvalue weighted by molar-refractivity contribution is -0.142. The molecule has 1 fully saturated rings. The predicted molar refractivity (Wildman–Crippen MR) is 63.3 cm³/mol. The molecule has 1 aliphatic heterocycles. The summed E-state index contributed by atoms with van der Waals surface area (Å²) >= 11 is 0. The largest absolute Gasteiger partial charge is 0.480 e. The Morgan fingerprint density at radius 1 is 1.47 bits per heavy atom. The van der Waals surface area contributed by atoms with Gasteiger partial charge in [0.05, 0.1) is 6.04 Å². The quantitative estimate of drug-likeness (QED) is 0.607. The number of carbonyl (C=O) groups excluding carboxylic acids is 1. The van der Waals surface area contributed by atoms with Crippen molar-refractivity contribution < 1.29 is 14.7 Å². The molecule has 5 heteroatoms. The molecule has 1 amide bonds. The van der Waals surface area contributed by atoms with Gasteiger partial charge >= 0.3 is 5.97 Å². The monoisotopic (exact) mass is 238 g/mol. The molecule has 0 aromatic carbocycles. The van der Waals surface area contributed by atoms with E-state index in [1.54, 1.807) is 0 Å². The molecular formula is C12H18N2O3. The standard InChI is InChI=1S/C12H18N2O3/c1-2-6-10(12(16)17)14-11(15)9-7-4-3-5-8-13-9/h1,9-10,13H,3-8H2,(H,14,15)(H,16,17). The van der Waals surface area contributed by atoms with Gasteiger partial charge in [0.2, 0.25) is 5.91 Å². The van der Waals surface area contributed by atoms with E-state index in [0.29, 0.717) is 0 Å². The molecule has 1 saturated heterocycles. The molecule has 0 aromatic heterocycles. The Morgan fingerprint density at radius 3 is 2.88 bits per heavy atom. The molecule has 1 aliphatic rings. The average Bonchev–Trinajstić information content (AvgIpc) is 2.56. The lowest BCUT2D eigenvalue weighted by Gasteiger charge is -2.18. The second-order valence-corrected chi connectivity index (χ2v) is 4.16. The molecule has 1 rings (SSSR count). The first-order valence-electron chi connectivity index (χ1n) is 5.85. The maximum atomic E-state index is 11.8.